The summed E-state index contributed by atoms with van der Waals surface area (Å²) in [6.45, 7) is 4.06. The normalized spacial score (nSPS) is 17.2. The maximum atomic E-state index is 6.04. The average Bonchev–Trinajstić information content (AvgIpc) is 3.10. The van der Waals surface area contributed by atoms with Crippen LogP contribution < -0.4 is 11.1 Å². The summed E-state index contributed by atoms with van der Waals surface area (Å²) in [6, 6.07) is 7.96. The van der Waals surface area contributed by atoms with Crippen LogP contribution in [0.3, 0.4) is 0 Å². The molecule has 24 heavy (non-hydrogen) atoms. The molecular formula is C19H31N3O2. The zero-order chi connectivity index (χ0) is 17.2. The highest BCUT2D eigenvalue weighted by Crippen LogP contribution is 2.30. The Morgan fingerprint density at radius 1 is 1.33 bits per heavy atom. The molecule has 1 aromatic carbocycles. The number of rotatable bonds is 9. The third-order valence-electron chi connectivity index (χ3n) is 4.58. The largest absolute Gasteiger partial charge is 0.380 e. The summed E-state index contributed by atoms with van der Waals surface area (Å²) in [7, 11) is 1.69. The van der Waals surface area contributed by atoms with Crippen LogP contribution in [0.25, 0.3) is 0 Å². The molecule has 1 aliphatic carbocycles. The predicted octanol–water partition coefficient (Wildman–Crippen LogP) is 3.55. The summed E-state index contributed by atoms with van der Waals surface area (Å²) in [5.41, 5.74) is 8.05. The summed E-state index contributed by atoms with van der Waals surface area (Å²) in [4.78, 5) is 4.48. The third-order valence-corrected chi connectivity index (χ3v) is 4.58. The van der Waals surface area contributed by atoms with E-state index in [1.807, 2.05) is 24.3 Å². The van der Waals surface area contributed by atoms with Gasteiger partial charge in [0.1, 0.15) is 0 Å². The van der Waals surface area contributed by atoms with Gasteiger partial charge in [0.25, 0.3) is 0 Å². The minimum absolute atomic E-state index is 0.315. The topological polar surface area (TPSA) is 68.9 Å². The van der Waals surface area contributed by atoms with Crippen LogP contribution in [0, 0.1) is 5.92 Å². The van der Waals surface area contributed by atoms with Gasteiger partial charge in [-0.1, -0.05) is 31.0 Å². The molecule has 1 unspecified atom stereocenters. The number of nitrogens with two attached hydrogens (primary N) is 1. The number of para-hydroxylation sites is 1. The van der Waals surface area contributed by atoms with Crippen molar-refractivity contribution in [3.05, 3.63) is 29.8 Å². The highest BCUT2D eigenvalue weighted by molar-refractivity contribution is 5.92. The standard InChI is InChI=1S/C19H31N3O2/c1-3-24-18(15-8-4-5-9-15)12-13-21-19(20)22-17-11-7-6-10-16(17)14-23-2/h6-7,10-11,15,18H,3-5,8-9,12-14H2,1-2H3,(H3,20,21,22). The second kappa shape index (κ2) is 10.3. The van der Waals surface area contributed by atoms with Crippen LogP contribution in [-0.2, 0) is 16.1 Å². The van der Waals surface area contributed by atoms with Gasteiger partial charge in [0.05, 0.1) is 12.7 Å². The molecule has 0 radical (unpaired) electrons. The van der Waals surface area contributed by atoms with Gasteiger partial charge < -0.3 is 20.5 Å². The fraction of sp³-hybridized carbons (Fsp3) is 0.632. The van der Waals surface area contributed by atoms with Crippen LogP contribution in [0.1, 0.15) is 44.6 Å². The molecular weight excluding hydrogens is 302 g/mol. The number of guanidine groups is 1. The van der Waals surface area contributed by atoms with E-state index in [2.05, 4.69) is 17.2 Å². The number of hydrogen-bond donors (Lipinski definition) is 2. The number of hydrogen-bond acceptors (Lipinski definition) is 3. The van der Waals surface area contributed by atoms with E-state index in [9.17, 15) is 0 Å². The molecule has 0 amide bonds. The molecule has 0 heterocycles. The van der Waals surface area contributed by atoms with Crippen molar-refractivity contribution in [3.8, 4) is 0 Å². The average molecular weight is 333 g/mol. The van der Waals surface area contributed by atoms with Gasteiger partial charge >= 0.3 is 0 Å². The molecule has 0 saturated heterocycles. The van der Waals surface area contributed by atoms with E-state index in [0.29, 0.717) is 31.1 Å². The number of benzene rings is 1. The lowest BCUT2D eigenvalue weighted by Crippen LogP contribution is -2.26. The molecule has 1 aromatic rings. The Morgan fingerprint density at radius 2 is 2.08 bits per heavy atom. The van der Waals surface area contributed by atoms with Gasteiger partial charge in [-0.25, -0.2) is 0 Å². The van der Waals surface area contributed by atoms with E-state index in [0.717, 1.165) is 24.3 Å². The maximum Gasteiger partial charge on any atom is 0.193 e. The first-order valence-corrected chi connectivity index (χ1v) is 9.00. The van der Waals surface area contributed by atoms with Crippen molar-refractivity contribution in [1.29, 1.82) is 0 Å². The van der Waals surface area contributed by atoms with Crippen molar-refractivity contribution in [2.75, 3.05) is 25.6 Å². The zero-order valence-electron chi connectivity index (χ0n) is 15.0. The van der Waals surface area contributed by atoms with E-state index in [1.165, 1.54) is 25.7 Å². The van der Waals surface area contributed by atoms with E-state index >= 15 is 0 Å². The zero-order valence-corrected chi connectivity index (χ0v) is 15.0. The van der Waals surface area contributed by atoms with Crippen molar-refractivity contribution in [1.82, 2.24) is 0 Å². The first-order chi connectivity index (χ1) is 11.7. The van der Waals surface area contributed by atoms with E-state index in [4.69, 9.17) is 15.2 Å². The number of methoxy groups -OCH3 is 1. The van der Waals surface area contributed by atoms with E-state index in [1.54, 1.807) is 7.11 Å². The lowest BCUT2D eigenvalue weighted by atomic mass is 9.98. The molecule has 0 spiro atoms. The van der Waals surface area contributed by atoms with E-state index in [-0.39, 0.29) is 0 Å². The Hall–Kier alpha value is -1.59. The summed E-state index contributed by atoms with van der Waals surface area (Å²) in [5.74, 6) is 1.14. The molecule has 2 rings (SSSR count). The summed E-state index contributed by atoms with van der Waals surface area (Å²) in [5, 5.41) is 3.18. The fourth-order valence-corrected chi connectivity index (χ4v) is 3.41. The van der Waals surface area contributed by atoms with Crippen molar-refractivity contribution >= 4 is 11.6 Å². The number of ether oxygens (including phenoxy) is 2. The lowest BCUT2D eigenvalue weighted by molar-refractivity contribution is 0.0178. The predicted molar refractivity (Wildman–Crippen MR) is 99.3 cm³/mol. The molecule has 0 bridgehead atoms. The van der Waals surface area contributed by atoms with Crippen LogP contribution in [0.4, 0.5) is 5.69 Å². The molecule has 5 nitrogen and oxygen atoms in total. The van der Waals surface area contributed by atoms with Crippen LogP contribution in [0.15, 0.2) is 29.3 Å². The molecule has 3 N–H and O–H groups in total. The highest BCUT2D eigenvalue weighted by atomic mass is 16.5. The van der Waals surface area contributed by atoms with E-state index < -0.39 is 0 Å². The molecule has 0 aromatic heterocycles. The quantitative estimate of drug-likeness (QED) is 0.536. The van der Waals surface area contributed by atoms with Gasteiger partial charge in [0.2, 0.25) is 0 Å². The first kappa shape index (κ1) is 18.7. The summed E-state index contributed by atoms with van der Waals surface area (Å²) >= 11 is 0. The monoisotopic (exact) mass is 333 g/mol. The number of nitrogens with zero attached hydrogens (tertiary/aromatic N) is 1. The molecule has 1 aliphatic rings. The van der Waals surface area contributed by atoms with Gasteiger partial charge in [0, 0.05) is 31.5 Å². The molecule has 1 saturated carbocycles. The van der Waals surface area contributed by atoms with Gasteiger partial charge in [-0.15, -0.1) is 0 Å². The van der Waals surface area contributed by atoms with Crippen LogP contribution in [0.5, 0.6) is 0 Å². The number of anilines is 1. The number of nitrogens with one attached hydrogen (secondary N) is 1. The fourth-order valence-electron chi connectivity index (χ4n) is 3.41. The molecule has 1 atom stereocenters. The van der Waals surface area contributed by atoms with Gasteiger partial charge in [0.15, 0.2) is 5.96 Å². The van der Waals surface area contributed by atoms with Crippen molar-refractivity contribution < 1.29 is 9.47 Å². The Morgan fingerprint density at radius 3 is 2.79 bits per heavy atom. The second-order valence-corrected chi connectivity index (χ2v) is 6.31. The highest BCUT2D eigenvalue weighted by Gasteiger charge is 2.24. The smallest absolute Gasteiger partial charge is 0.193 e. The molecule has 134 valence electrons. The third kappa shape index (κ3) is 5.80. The summed E-state index contributed by atoms with van der Waals surface area (Å²) in [6.07, 6.45) is 6.48. The number of aliphatic imine (C=N–C) groups is 1. The molecule has 5 heteroatoms. The van der Waals surface area contributed by atoms with Crippen molar-refractivity contribution in [2.24, 2.45) is 16.6 Å². The molecule has 1 fully saturated rings. The first-order valence-electron chi connectivity index (χ1n) is 9.00. The second-order valence-electron chi connectivity index (χ2n) is 6.31. The summed E-state index contributed by atoms with van der Waals surface area (Å²) < 4.78 is 11.1. The SMILES string of the molecule is CCOC(CCN=C(N)Nc1ccccc1COC)C1CCCC1. The van der Waals surface area contributed by atoms with Gasteiger partial charge in [-0.2, -0.15) is 0 Å². The van der Waals surface area contributed by atoms with Crippen LogP contribution in [-0.4, -0.2) is 32.3 Å². The molecule has 0 aliphatic heterocycles. The van der Waals surface area contributed by atoms with Crippen molar-refractivity contribution in [2.45, 2.75) is 51.7 Å². The Balaban J connectivity index is 1.86. The van der Waals surface area contributed by atoms with Crippen molar-refractivity contribution in [3.63, 3.8) is 0 Å². The lowest BCUT2D eigenvalue weighted by Gasteiger charge is -2.22. The Kier molecular flexibility index (Phi) is 8.05. The van der Waals surface area contributed by atoms with Gasteiger partial charge in [-0.05, 0) is 38.2 Å². The maximum absolute atomic E-state index is 6.04. The minimum atomic E-state index is 0.315. The minimum Gasteiger partial charge on any atom is -0.380 e. The van der Waals surface area contributed by atoms with Crippen LogP contribution in [0.2, 0.25) is 0 Å². The van der Waals surface area contributed by atoms with Crippen LogP contribution >= 0.6 is 0 Å². The van der Waals surface area contributed by atoms with Gasteiger partial charge in [-0.3, -0.25) is 4.99 Å². The Bertz CT molecular complexity index is 513. The Labute approximate surface area is 145 Å².